The van der Waals surface area contributed by atoms with Crippen molar-refractivity contribution >= 4 is 17.1 Å². The van der Waals surface area contributed by atoms with Crippen LogP contribution >= 0.6 is 0 Å². The smallest absolute Gasteiger partial charge is 0.316 e. The zero-order chi connectivity index (χ0) is 35.9. The molecule has 3 nitrogen and oxygen atoms in total. The minimum atomic E-state index is -0.678. The summed E-state index contributed by atoms with van der Waals surface area (Å²) in [4.78, 5) is 13.1. The van der Waals surface area contributed by atoms with E-state index in [9.17, 15) is 4.79 Å². The number of allylic oxidation sites excluding steroid dienone is 3. The quantitative estimate of drug-likeness (QED) is 0.0678. The highest BCUT2D eigenvalue weighted by Gasteiger charge is 2.33. The summed E-state index contributed by atoms with van der Waals surface area (Å²) in [5.74, 6) is 1.39. The largest absolute Gasteiger partial charge is 0.495 e. The first-order valence-electron chi connectivity index (χ1n) is 18.7. The lowest BCUT2D eigenvalue weighted by atomic mass is 9.82. The number of unbranched alkanes of at least 4 members (excludes halogenated alkanes) is 6. The summed E-state index contributed by atoms with van der Waals surface area (Å²) in [7, 11) is 0. The van der Waals surface area contributed by atoms with Crippen LogP contribution < -0.4 is 0 Å². The number of rotatable bonds is 23. The summed E-state index contributed by atoms with van der Waals surface area (Å²) in [6.45, 7) is 31.2. The minimum absolute atomic E-state index is 0.0719. The molecule has 0 saturated carbocycles. The van der Waals surface area contributed by atoms with Gasteiger partial charge in [-0.3, -0.25) is 4.79 Å². The summed E-state index contributed by atoms with van der Waals surface area (Å²) in [6, 6.07) is 16.7. The van der Waals surface area contributed by atoms with Crippen molar-refractivity contribution in [2.24, 2.45) is 5.92 Å². The van der Waals surface area contributed by atoms with Crippen LogP contribution in [-0.2, 0) is 25.1 Å². The third kappa shape index (κ3) is 13.1. The van der Waals surface area contributed by atoms with Gasteiger partial charge >= 0.3 is 5.97 Å². The fourth-order valence-electron chi connectivity index (χ4n) is 6.23. The molecule has 0 fully saturated rings. The van der Waals surface area contributed by atoms with Crippen molar-refractivity contribution in [1.29, 1.82) is 0 Å². The number of hydrogen-bond acceptors (Lipinski definition) is 3. The van der Waals surface area contributed by atoms with Crippen molar-refractivity contribution in [3.63, 3.8) is 0 Å². The molecule has 0 aliphatic carbocycles. The molecule has 0 aliphatic rings. The zero-order valence-electron chi connectivity index (χ0n) is 32.2. The molecule has 2 aromatic carbocycles. The van der Waals surface area contributed by atoms with Crippen LogP contribution in [0, 0.1) is 5.92 Å². The first-order chi connectivity index (χ1) is 22.6. The van der Waals surface area contributed by atoms with E-state index in [0.29, 0.717) is 5.92 Å². The van der Waals surface area contributed by atoms with Crippen LogP contribution in [0.2, 0.25) is 0 Å². The zero-order valence-corrected chi connectivity index (χ0v) is 32.2. The molecule has 0 aromatic heterocycles. The van der Waals surface area contributed by atoms with Gasteiger partial charge in [-0.15, -0.1) is 0 Å². The van der Waals surface area contributed by atoms with Crippen molar-refractivity contribution in [1.82, 2.24) is 0 Å². The lowest BCUT2D eigenvalue weighted by Crippen LogP contribution is -2.33. The first-order valence-corrected chi connectivity index (χ1v) is 18.7. The van der Waals surface area contributed by atoms with Gasteiger partial charge in [0.2, 0.25) is 0 Å². The second-order valence-electron chi connectivity index (χ2n) is 15.4. The molecule has 48 heavy (non-hydrogen) atoms. The van der Waals surface area contributed by atoms with Crippen molar-refractivity contribution < 1.29 is 14.3 Å². The number of carbonyl (C=O) groups is 1. The molecule has 2 rings (SSSR count). The second kappa shape index (κ2) is 19.8. The lowest BCUT2D eigenvalue weighted by Gasteiger charge is -2.30. The van der Waals surface area contributed by atoms with Gasteiger partial charge in [-0.1, -0.05) is 138 Å². The molecule has 0 radical (unpaired) electrons. The number of hydrogen-bond donors (Lipinski definition) is 0. The maximum absolute atomic E-state index is 13.1. The van der Waals surface area contributed by atoms with Crippen molar-refractivity contribution in [3.05, 3.63) is 96.3 Å². The molecule has 0 spiro atoms. The Labute approximate surface area is 295 Å². The van der Waals surface area contributed by atoms with Gasteiger partial charge in [-0.25, -0.2) is 0 Å². The average Bonchev–Trinajstić information content (AvgIpc) is 3.05. The van der Waals surface area contributed by atoms with Crippen LogP contribution in [0.1, 0.15) is 162 Å². The highest BCUT2D eigenvalue weighted by Crippen LogP contribution is 2.33. The summed E-state index contributed by atoms with van der Waals surface area (Å²) in [5.41, 5.74) is 5.64. The van der Waals surface area contributed by atoms with E-state index < -0.39 is 5.41 Å². The van der Waals surface area contributed by atoms with E-state index in [2.05, 4.69) is 71.7 Å². The number of carbonyl (C=O) groups excluding carboxylic acids is 1. The molecule has 3 atom stereocenters. The number of esters is 1. The monoisotopic (exact) mass is 657 g/mol. The van der Waals surface area contributed by atoms with Gasteiger partial charge in [0.05, 0.1) is 23.4 Å². The topological polar surface area (TPSA) is 35.5 Å². The maximum Gasteiger partial charge on any atom is 0.316 e. The molecule has 3 unspecified atom stereocenters. The van der Waals surface area contributed by atoms with Crippen LogP contribution in [0.4, 0.5) is 0 Å². The van der Waals surface area contributed by atoms with Gasteiger partial charge < -0.3 is 9.47 Å². The van der Waals surface area contributed by atoms with E-state index in [-0.39, 0.29) is 23.6 Å². The SMILES string of the molecule is C=C(C)c1ccc(C(C)(C)C(=C)OC(C)CCCCCCCCCC(CC)CCC(C)OC(=O)C(C)(C)c2ccc(C(=C)C)cc2)cc1. The van der Waals surface area contributed by atoms with Gasteiger partial charge in [-0.2, -0.15) is 0 Å². The molecular formula is C45H68O3. The van der Waals surface area contributed by atoms with Crippen LogP contribution in [-0.4, -0.2) is 18.2 Å². The summed E-state index contributed by atoms with van der Waals surface area (Å²) in [6.07, 6.45) is 14.6. The fourth-order valence-corrected chi connectivity index (χ4v) is 6.23. The van der Waals surface area contributed by atoms with Gasteiger partial charge in [0.15, 0.2) is 0 Å². The standard InChI is InChI=1S/C45H68O3/c1-13-38(24-23-36(7)48-43(46)45(11,12)42-31-27-40(28-32-42)34(4)5)22-20-18-16-14-15-17-19-21-35(6)47-37(8)44(9,10)41-29-25-39(26-30-41)33(2)3/h25-32,35-36,38H,2,4,8,13-24H2,1,3,5-7,9-12H3. The summed E-state index contributed by atoms with van der Waals surface area (Å²) in [5, 5.41) is 0. The van der Waals surface area contributed by atoms with Gasteiger partial charge in [-0.05, 0) is 109 Å². The molecule has 3 heteroatoms. The van der Waals surface area contributed by atoms with Crippen molar-refractivity contribution in [3.8, 4) is 0 Å². The fraction of sp³-hybridized carbons (Fsp3) is 0.578. The lowest BCUT2D eigenvalue weighted by molar-refractivity contribution is -0.154. The number of benzene rings is 2. The van der Waals surface area contributed by atoms with E-state index in [0.717, 1.165) is 47.3 Å². The Morgan fingerprint density at radius 3 is 1.48 bits per heavy atom. The van der Waals surface area contributed by atoms with Crippen LogP contribution in [0.5, 0.6) is 0 Å². The molecule has 0 bridgehead atoms. The molecule has 0 amide bonds. The van der Waals surface area contributed by atoms with Gasteiger partial charge in [0, 0.05) is 5.41 Å². The first kappa shape index (κ1) is 41.1. The molecule has 0 N–H and O–H groups in total. The Morgan fingerprint density at radius 2 is 1.02 bits per heavy atom. The molecule has 0 aliphatic heterocycles. The Balaban J connectivity index is 1.58. The Hall–Kier alpha value is -3.07. The molecular weight excluding hydrogens is 588 g/mol. The predicted octanol–water partition coefficient (Wildman–Crippen LogP) is 13.2. The van der Waals surface area contributed by atoms with E-state index in [1.54, 1.807) is 0 Å². The van der Waals surface area contributed by atoms with E-state index in [1.807, 2.05) is 58.9 Å². The molecule has 0 saturated heterocycles. The normalized spacial score (nSPS) is 13.8. The van der Waals surface area contributed by atoms with E-state index in [4.69, 9.17) is 9.47 Å². The van der Waals surface area contributed by atoms with E-state index in [1.165, 1.54) is 68.9 Å². The van der Waals surface area contributed by atoms with Crippen LogP contribution in [0.25, 0.3) is 11.1 Å². The third-order valence-electron chi connectivity index (χ3n) is 10.3. The number of ether oxygens (including phenoxy) is 2. The van der Waals surface area contributed by atoms with Gasteiger partial charge in [0.1, 0.15) is 0 Å². The van der Waals surface area contributed by atoms with E-state index >= 15 is 0 Å². The second-order valence-corrected chi connectivity index (χ2v) is 15.4. The summed E-state index contributed by atoms with van der Waals surface area (Å²) < 4.78 is 12.2. The van der Waals surface area contributed by atoms with Crippen LogP contribution in [0.15, 0.2) is 74.0 Å². The third-order valence-corrected chi connectivity index (χ3v) is 10.3. The minimum Gasteiger partial charge on any atom is -0.495 e. The van der Waals surface area contributed by atoms with Gasteiger partial charge in [0.25, 0.3) is 0 Å². The van der Waals surface area contributed by atoms with Crippen LogP contribution in [0.3, 0.4) is 0 Å². The molecule has 0 heterocycles. The Morgan fingerprint density at radius 1 is 0.604 bits per heavy atom. The Bertz CT molecular complexity index is 1290. The Kier molecular flexibility index (Phi) is 17.0. The highest BCUT2D eigenvalue weighted by atomic mass is 16.5. The predicted molar refractivity (Wildman–Crippen MR) is 208 cm³/mol. The van der Waals surface area contributed by atoms with Crippen molar-refractivity contribution in [2.45, 2.75) is 162 Å². The average molecular weight is 657 g/mol. The summed E-state index contributed by atoms with van der Waals surface area (Å²) >= 11 is 0. The maximum atomic E-state index is 13.1. The van der Waals surface area contributed by atoms with Crippen molar-refractivity contribution in [2.75, 3.05) is 0 Å². The highest BCUT2D eigenvalue weighted by molar-refractivity contribution is 5.82. The molecule has 266 valence electrons. The molecule has 2 aromatic rings.